The van der Waals surface area contributed by atoms with Crippen LogP contribution in [0, 0.1) is 6.92 Å². The Morgan fingerprint density at radius 2 is 2.19 bits per heavy atom. The number of benzene rings is 1. The first-order chi connectivity index (χ1) is 10.1. The van der Waals surface area contributed by atoms with Crippen LogP contribution in [0.5, 0.6) is 11.5 Å². The molecule has 0 saturated heterocycles. The second kappa shape index (κ2) is 5.45. The van der Waals surface area contributed by atoms with E-state index in [-0.39, 0.29) is 12.5 Å². The van der Waals surface area contributed by atoms with Crippen molar-refractivity contribution in [2.75, 3.05) is 6.79 Å². The lowest BCUT2D eigenvalue weighted by Gasteiger charge is -2.01. The highest BCUT2D eigenvalue weighted by molar-refractivity contribution is 6.33. The zero-order chi connectivity index (χ0) is 14.8. The van der Waals surface area contributed by atoms with Gasteiger partial charge in [-0.1, -0.05) is 11.6 Å². The number of rotatable bonds is 3. The van der Waals surface area contributed by atoms with E-state index in [9.17, 15) is 4.79 Å². The topological polar surface area (TPSA) is 88.6 Å². The Morgan fingerprint density at radius 1 is 1.43 bits per heavy atom. The number of hydrogen-bond donors (Lipinski definition) is 2. The number of carbonyl (C=O) groups excluding carboxylic acids is 1. The summed E-state index contributed by atoms with van der Waals surface area (Å²) in [6, 6.07) is 4.96. The third kappa shape index (κ3) is 2.82. The number of nitrogens with zero attached hydrogens (tertiary/aromatic N) is 2. The Balaban J connectivity index is 1.70. The molecular weight excluding hydrogens is 296 g/mol. The van der Waals surface area contributed by atoms with E-state index < -0.39 is 5.91 Å². The molecule has 1 amide bonds. The van der Waals surface area contributed by atoms with Crippen molar-refractivity contribution < 1.29 is 14.3 Å². The fourth-order valence-corrected chi connectivity index (χ4v) is 1.99. The van der Waals surface area contributed by atoms with Crippen LogP contribution in [0.15, 0.2) is 23.3 Å². The molecule has 8 heteroatoms. The van der Waals surface area contributed by atoms with Crippen LogP contribution in [0.1, 0.15) is 21.7 Å². The Morgan fingerprint density at radius 3 is 2.90 bits per heavy atom. The molecule has 0 radical (unpaired) electrons. The maximum atomic E-state index is 11.7. The predicted octanol–water partition coefficient (Wildman–Crippen LogP) is 1.86. The van der Waals surface area contributed by atoms with Crippen molar-refractivity contribution in [2.24, 2.45) is 5.10 Å². The molecule has 2 heterocycles. The molecule has 3 rings (SSSR count). The average molecular weight is 307 g/mol. The molecule has 1 aliphatic heterocycles. The highest BCUT2D eigenvalue weighted by atomic mass is 35.5. The number of carbonyl (C=O) groups is 1. The molecule has 0 saturated carbocycles. The quantitative estimate of drug-likeness (QED) is 0.669. The number of hydrogen-bond acceptors (Lipinski definition) is 5. The van der Waals surface area contributed by atoms with Crippen LogP contribution in [0.2, 0.25) is 5.02 Å². The second-order valence-electron chi connectivity index (χ2n) is 4.36. The molecule has 0 atom stereocenters. The Kier molecular flexibility index (Phi) is 3.49. The van der Waals surface area contributed by atoms with Gasteiger partial charge in [-0.2, -0.15) is 10.2 Å². The number of aryl methyl sites for hydroxylation is 1. The van der Waals surface area contributed by atoms with Crippen molar-refractivity contribution in [3.8, 4) is 11.5 Å². The Hall–Kier alpha value is -2.54. The number of ether oxygens (including phenoxy) is 2. The SMILES string of the molecule is Cc1cc(C(=O)N/N=C/c2cc3c(cc2Cl)OCO3)n[nH]1. The van der Waals surface area contributed by atoms with Gasteiger partial charge < -0.3 is 9.47 Å². The lowest BCUT2D eigenvalue weighted by atomic mass is 10.2. The summed E-state index contributed by atoms with van der Waals surface area (Å²) in [6.07, 6.45) is 1.43. The highest BCUT2D eigenvalue weighted by Crippen LogP contribution is 2.36. The number of aromatic amines is 1. The molecule has 0 bridgehead atoms. The van der Waals surface area contributed by atoms with Gasteiger partial charge in [-0.25, -0.2) is 5.43 Å². The van der Waals surface area contributed by atoms with Crippen molar-refractivity contribution in [3.05, 3.63) is 40.2 Å². The lowest BCUT2D eigenvalue weighted by Crippen LogP contribution is -2.18. The van der Waals surface area contributed by atoms with E-state index in [1.54, 1.807) is 25.1 Å². The highest BCUT2D eigenvalue weighted by Gasteiger charge is 2.15. The summed E-state index contributed by atoms with van der Waals surface area (Å²) in [7, 11) is 0. The smallest absolute Gasteiger partial charge is 0.291 e. The van der Waals surface area contributed by atoms with Gasteiger partial charge in [-0.3, -0.25) is 9.89 Å². The largest absolute Gasteiger partial charge is 0.454 e. The molecule has 0 aliphatic carbocycles. The van der Waals surface area contributed by atoms with Crippen molar-refractivity contribution in [2.45, 2.75) is 6.92 Å². The first-order valence-electron chi connectivity index (χ1n) is 6.08. The number of amides is 1. The monoisotopic (exact) mass is 306 g/mol. The van der Waals surface area contributed by atoms with E-state index in [1.165, 1.54) is 6.21 Å². The van der Waals surface area contributed by atoms with Crippen LogP contribution in [0.3, 0.4) is 0 Å². The standard InChI is InChI=1S/C13H11ClN4O3/c1-7-2-10(17-16-7)13(19)18-15-5-8-3-11-12(4-9(8)14)21-6-20-11/h2-5H,6H2,1H3,(H,16,17)(H,18,19)/b15-5+. The molecule has 2 N–H and O–H groups in total. The van der Waals surface area contributed by atoms with Gasteiger partial charge in [0.2, 0.25) is 6.79 Å². The summed E-state index contributed by atoms with van der Waals surface area (Å²) in [5.74, 6) is 0.774. The summed E-state index contributed by atoms with van der Waals surface area (Å²) in [5, 5.41) is 10.8. The number of halogens is 1. The van der Waals surface area contributed by atoms with Crippen LogP contribution in [0.25, 0.3) is 0 Å². The molecule has 0 unspecified atom stereocenters. The molecule has 7 nitrogen and oxygen atoms in total. The van der Waals surface area contributed by atoms with Gasteiger partial charge in [0.1, 0.15) is 0 Å². The van der Waals surface area contributed by atoms with Gasteiger partial charge >= 0.3 is 0 Å². The first-order valence-corrected chi connectivity index (χ1v) is 6.46. The van der Waals surface area contributed by atoms with E-state index in [0.29, 0.717) is 22.1 Å². The van der Waals surface area contributed by atoms with Crippen molar-refractivity contribution in [1.82, 2.24) is 15.6 Å². The Bertz CT molecular complexity index is 726. The summed E-state index contributed by atoms with van der Waals surface area (Å²) in [5.41, 5.74) is 4.04. The zero-order valence-electron chi connectivity index (χ0n) is 11.0. The molecule has 0 spiro atoms. The van der Waals surface area contributed by atoms with Gasteiger partial charge in [0.05, 0.1) is 11.2 Å². The third-order valence-electron chi connectivity index (χ3n) is 2.80. The molecule has 21 heavy (non-hydrogen) atoms. The predicted molar refractivity (Wildman–Crippen MR) is 76.0 cm³/mol. The normalized spacial score (nSPS) is 12.9. The van der Waals surface area contributed by atoms with Gasteiger partial charge in [-0.15, -0.1) is 0 Å². The van der Waals surface area contributed by atoms with Gasteiger partial charge in [0.15, 0.2) is 17.2 Å². The minimum atomic E-state index is -0.410. The molecule has 1 aromatic carbocycles. The van der Waals surface area contributed by atoms with Crippen LogP contribution in [0.4, 0.5) is 0 Å². The number of hydrazone groups is 1. The summed E-state index contributed by atoms with van der Waals surface area (Å²) in [6.45, 7) is 1.97. The lowest BCUT2D eigenvalue weighted by molar-refractivity contribution is 0.0950. The van der Waals surface area contributed by atoms with Crippen LogP contribution < -0.4 is 14.9 Å². The fourth-order valence-electron chi connectivity index (χ4n) is 1.78. The molecule has 2 aromatic rings. The van der Waals surface area contributed by atoms with Crippen LogP contribution in [-0.4, -0.2) is 29.1 Å². The number of aromatic nitrogens is 2. The van der Waals surface area contributed by atoms with Crippen LogP contribution >= 0.6 is 11.6 Å². The van der Waals surface area contributed by atoms with E-state index in [4.69, 9.17) is 21.1 Å². The third-order valence-corrected chi connectivity index (χ3v) is 3.13. The summed E-state index contributed by atoms with van der Waals surface area (Å²) < 4.78 is 10.5. The van der Waals surface area contributed by atoms with E-state index >= 15 is 0 Å². The molecule has 108 valence electrons. The second-order valence-corrected chi connectivity index (χ2v) is 4.77. The van der Waals surface area contributed by atoms with E-state index in [2.05, 4.69) is 20.7 Å². The van der Waals surface area contributed by atoms with E-state index in [0.717, 1.165) is 5.69 Å². The number of fused-ring (bicyclic) bond motifs is 1. The Labute approximate surface area is 124 Å². The fraction of sp³-hybridized carbons (Fsp3) is 0.154. The van der Waals surface area contributed by atoms with Gasteiger partial charge in [-0.05, 0) is 19.1 Å². The first kappa shape index (κ1) is 13.4. The van der Waals surface area contributed by atoms with E-state index in [1.807, 2.05) is 0 Å². The minimum absolute atomic E-state index is 0.168. The summed E-state index contributed by atoms with van der Waals surface area (Å²) in [4.78, 5) is 11.7. The van der Waals surface area contributed by atoms with Crippen molar-refractivity contribution >= 4 is 23.7 Å². The van der Waals surface area contributed by atoms with Crippen LogP contribution in [-0.2, 0) is 0 Å². The van der Waals surface area contributed by atoms with Crippen molar-refractivity contribution in [3.63, 3.8) is 0 Å². The molecule has 1 aromatic heterocycles. The molecule has 0 fully saturated rings. The number of H-pyrrole nitrogens is 1. The zero-order valence-corrected chi connectivity index (χ0v) is 11.8. The molecule has 1 aliphatic rings. The minimum Gasteiger partial charge on any atom is -0.454 e. The van der Waals surface area contributed by atoms with Crippen molar-refractivity contribution in [1.29, 1.82) is 0 Å². The summed E-state index contributed by atoms with van der Waals surface area (Å²) >= 11 is 6.09. The maximum Gasteiger partial charge on any atom is 0.291 e. The maximum absolute atomic E-state index is 11.7. The average Bonchev–Trinajstić information content (AvgIpc) is 3.07. The van der Waals surface area contributed by atoms with Gasteiger partial charge in [0, 0.05) is 17.3 Å². The van der Waals surface area contributed by atoms with Gasteiger partial charge in [0.25, 0.3) is 5.91 Å². The number of nitrogens with one attached hydrogen (secondary N) is 2. The molecular formula is C13H11ClN4O3.